The second-order valence-corrected chi connectivity index (χ2v) is 7.96. The van der Waals surface area contributed by atoms with Gasteiger partial charge in [-0.15, -0.1) is 0 Å². The Labute approximate surface area is 158 Å². The average molecular weight is 358 g/mol. The molecule has 0 amide bonds. The molecule has 0 spiro atoms. The van der Waals surface area contributed by atoms with Crippen molar-refractivity contribution in [1.82, 2.24) is 9.97 Å². The van der Waals surface area contributed by atoms with E-state index in [-0.39, 0.29) is 0 Å². The number of hydrogen-bond acceptors (Lipinski definition) is 5. The molecule has 0 radical (unpaired) electrons. The van der Waals surface area contributed by atoms with Gasteiger partial charge < -0.3 is 10.5 Å². The van der Waals surface area contributed by atoms with Gasteiger partial charge in [0.15, 0.2) is 11.5 Å². The molecular formula is C22H22N4O. The Morgan fingerprint density at radius 1 is 0.963 bits per heavy atom. The lowest BCUT2D eigenvalue weighted by Gasteiger charge is -2.32. The Bertz CT molecular complexity index is 1060. The Kier molecular flexibility index (Phi) is 3.32. The Hall–Kier alpha value is -2.95. The molecule has 136 valence electrons. The highest BCUT2D eigenvalue weighted by molar-refractivity contribution is 6.09. The molecule has 0 bridgehead atoms. The van der Waals surface area contributed by atoms with Crippen LogP contribution in [0.15, 0.2) is 52.3 Å². The summed E-state index contributed by atoms with van der Waals surface area (Å²) in [7, 11) is 0. The molecule has 0 unspecified atom stereocenters. The molecule has 0 atom stereocenters. The molecule has 1 aromatic heterocycles. The van der Waals surface area contributed by atoms with Crippen molar-refractivity contribution in [3.05, 3.63) is 58.4 Å². The van der Waals surface area contributed by atoms with Crippen LogP contribution >= 0.6 is 0 Å². The molecule has 2 heterocycles. The van der Waals surface area contributed by atoms with Gasteiger partial charge in [-0.2, -0.15) is 4.98 Å². The van der Waals surface area contributed by atoms with Crippen molar-refractivity contribution >= 4 is 22.8 Å². The van der Waals surface area contributed by atoms with Gasteiger partial charge in [-0.1, -0.05) is 29.8 Å². The van der Waals surface area contributed by atoms with E-state index in [1.807, 2.05) is 13.8 Å². The van der Waals surface area contributed by atoms with Crippen LogP contribution in [0.4, 0.5) is 11.5 Å². The van der Waals surface area contributed by atoms with E-state index in [0.29, 0.717) is 17.4 Å². The van der Waals surface area contributed by atoms with E-state index in [2.05, 4.69) is 41.2 Å². The summed E-state index contributed by atoms with van der Waals surface area (Å²) in [5, 5.41) is 0. The molecule has 5 heteroatoms. The van der Waals surface area contributed by atoms with Gasteiger partial charge in [0.05, 0.1) is 5.71 Å². The fourth-order valence-electron chi connectivity index (χ4n) is 4.10. The minimum Gasteiger partial charge on any atom is -0.463 e. The molecule has 5 rings (SSSR count). The van der Waals surface area contributed by atoms with E-state index in [1.54, 1.807) is 16.7 Å². The SMILES string of the molecule is CC1=C2CC2=C(c2ccc(C3=Nc4c(N)ncnc4OC3(C)C)cc2)CC1. The molecule has 27 heavy (non-hydrogen) atoms. The van der Waals surface area contributed by atoms with Crippen molar-refractivity contribution in [3.63, 3.8) is 0 Å². The lowest BCUT2D eigenvalue weighted by molar-refractivity contribution is 0.171. The van der Waals surface area contributed by atoms with Crippen molar-refractivity contribution < 1.29 is 4.74 Å². The number of fused-ring (bicyclic) bond motifs is 2. The Balaban J connectivity index is 1.54. The molecule has 5 nitrogen and oxygen atoms in total. The number of ether oxygens (including phenoxy) is 1. The first kappa shape index (κ1) is 16.2. The summed E-state index contributed by atoms with van der Waals surface area (Å²) in [4.78, 5) is 13.0. The minimum absolute atomic E-state index is 0.335. The molecule has 1 aliphatic heterocycles. The fraction of sp³-hybridized carbons (Fsp3) is 0.318. The van der Waals surface area contributed by atoms with Gasteiger partial charge in [-0.05, 0) is 62.3 Å². The van der Waals surface area contributed by atoms with Gasteiger partial charge >= 0.3 is 0 Å². The van der Waals surface area contributed by atoms with Crippen molar-refractivity contribution in [3.8, 4) is 5.88 Å². The van der Waals surface area contributed by atoms with Crippen molar-refractivity contribution in [2.24, 2.45) is 4.99 Å². The van der Waals surface area contributed by atoms with Crippen LogP contribution in [0.2, 0.25) is 0 Å². The first-order chi connectivity index (χ1) is 12.9. The number of nitrogen functional groups attached to an aromatic ring is 1. The summed E-state index contributed by atoms with van der Waals surface area (Å²) >= 11 is 0. The number of aliphatic imine (C=N–C) groups is 1. The second-order valence-electron chi connectivity index (χ2n) is 7.96. The molecule has 2 N–H and O–H groups in total. The largest absolute Gasteiger partial charge is 0.463 e. The lowest BCUT2D eigenvalue weighted by Crippen LogP contribution is -2.41. The summed E-state index contributed by atoms with van der Waals surface area (Å²) in [6.07, 6.45) is 4.90. The maximum Gasteiger partial charge on any atom is 0.246 e. The van der Waals surface area contributed by atoms with Crippen LogP contribution < -0.4 is 10.5 Å². The minimum atomic E-state index is -0.592. The van der Waals surface area contributed by atoms with Crippen molar-refractivity contribution in [2.45, 2.75) is 45.6 Å². The predicted octanol–water partition coefficient (Wildman–Crippen LogP) is 4.62. The zero-order valence-corrected chi connectivity index (χ0v) is 15.8. The van der Waals surface area contributed by atoms with E-state index in [4.69, 9.17) is 15.5 Å². The Morgan fingerprint density at radius 2 is 1.70 bits per heavy atom. The smallest absolute Gasteiger partial charge is 0.246 e. The number of aromatic nitrogens is 2. The molecular weight excluding hydrogens is 336 g/mol. The van der Waals surface area contributed by atoms with Gasteiger partial charge in [0.1, 0.15) is 11.9 Å². The number of allylic oxidation sites excluding steroid dienone is 4. The van der Waals surface area contributed by atoms with Crippen LogP contribution in [0, 0.1) is 0 Å². The number of rotatable bonds is 2. The van der Waals surface area contributed by atoms with E-state index in [1.165, 1.54) is 30.3 Å². The summed E-state index contributed by atoms with van der Waals surface area (Å²) < 4.78 is 6.07. The maximum atomic E-state index is 6.07. The highest BCUT2D eigenvalue weighted by Crippen LogP contribution is 2.50. The fourth-order valence-corrected chi connectivity index (χ4v) is 4.10. The third-order valence-corrected chi connectivity index (χ3v) is 5.69. The highest BCUT2D eigenvalue weighted by Gasteiger charge is 2.35. The van der Waals surface area contributed by atoms with E-state index >= 15 is 0 Å². The normalized spacial score (nSPS) is 19.9. The highest BCUT2D eigenvalue weighted by atomic mass is 16.5. The zero-order chi connectivity index (χ0) is 18.8. The number of benzene rings is 1. The van der Waals surface area contributed by atoms with Crippen molar-refractivity contribution in [1.29, 1.82) is 0 Å². The molecule has 2 aromatic rings. The molecule has 0 saturated heterocycles. The summed E-state index contributed by atoms with van der Waals surface area (Å²) in [6, 6.07) is 8.66. The standard InChI is InChI=1S/C22H22N4O/c1-12-4-9-15(17-10-16(12)17)13-5-7-14(8-6-13)19-22(2,3)27-21-18(26-19)20(23)24-11-25-21/h5-8,11H,4,9-10H2,1-3H3,(H2,23,24,25). The molecule has 1 aromatic carbocycles. The number of nitrogens with zero attached hydrogens (tertiary/aromatic N) is 3. The maximum absolute atomic E-state index is 6.07. The molecule has 2 aliphatic carbocycles. The van der Waals surface area contributed by atoms with Gasteiger partial charge in [-0.25, -0.2) is 9.98 Å². The van der Waals surface area contributed by atoms with E-state index < -0.39 is 5.60 Å². The van der Waals surface area contributed by atoms with E-state index in [0.717, 1.165) is 17.7 Å². The second kappa shape index (κ2) is 5.52. The summed E-state index contributed by atoms with van der Waals surface area (Å²) in [5.41, 5.74) is 15.3. The molecule has 3 aliphatic rings. The summed E-state index contributed by atoms with van der Waals surface area (Å²) in [6.45, 7) is 6.26. The molecule has 1 fully saturated rings. The average Bonchev–Trinajstić information content (AvgIpc) is 3.43. The van der Waals surface area contributed by atoms with Gasteiger partial charge in [0.25, 0.3) is 0 Å². The van der Waals surface area contributed by atoms with Crippen molar-refractivity contribution in [2.75, 3.05) is 5.73 Å². The van der Waals surface area contributed by atoms with Crippen LogP contribution in [0.3, 0.4) is 0 Å². The van der Waals surface area contributed by atoms with E-state index in [9.17, 15) is 0 Å². The zero-order valence-electron chi connectivity index (χ0n) is 15.8. The van der Waals surface area contributed by atoms with Crippen LogP contribution in [0.5, 0.6) is 5.88 Å². The quantitative estimate of drug-likeness (QED) is 0.850. The van der Waals surface area contributed by atoms with Gasteiger partial charge in [0.2, 0.25) is 5.88 Å². The van der Waals surface area contributed by atoms with Crippen LogP contribution in [-0.4, -0.2) is 21.3 Å². The van der Waals surface area contributed by atoms with Gasteiger partial charge in [0, 0.05) is 5.56 Å². The first-order valence-corrected chi connectivity index (χ1v) is 9.34. The number of hydrogen-bond donors (Lipinski definition) is 1. The first-order valence-electron chi connectivity index (χ1n) is 9.34. The topological polar surface area (TPSA) is 73.4 Å². The number of nitrogens with two attached hydrogens (primary N) is 1. The van der Waals surface area contributed by atoms with Crippen LogP contribution in [0.25, 0.3) is 5.57 Å². The molecule has 1 saturated carbocycles. The third kappa shape index (κ3) is 2.57. The van der Waals surface area contributed by atoms with Crippen LogP contribution in [-0.2, 0) is 0 Å². The predicted molar refractivity (Wildman–Crippen MR) is 107 cm³/mol. The lowest BCUT2D eigenvalue weighted by atomic mass is 9.90. The monoisotopic (exact) mass is 358 g/mol. The van der Waals surface area contributed by atoms with Gasteiger partial charge in [-0.3, -0.25) is 0 Å². The summed E-state index contributed by atoms with van der Waals surface area (Å²) in [5.74, 6) is 0.771. The Morgan fingerprint density at radius 3 is 2.48 bits per heavy atom. The third-order valence-electron chi connectivity index (χ3n) is 5.69. The van der Waals surface area contributed by atoms with Crippen LogP contribution in [0.1, 0.15) is 51.2 Å². The number of anilines is 1.